The topological polar surface area (TPSA) is 43.8 Å². The fourth-order valence-corrected chi connectivity index (χ4v) is 2.60. The van der Waals surface area contributed by atoms with E-state index in [4.69, 9.17) is 5.73 Å². The molecule has 3 nitrogen and oxygen atoms in total. The summed E-state index contributed by atoms with van der Waals surface area (Å²) in [6.07, 6.45) is 5.71. The van der Waals surface area contributed by atoms with Crippen LogP contribution in [0.4, 0.5) is 0 Å². The number of nitrogens with two attached hydrogens (primary N) is 1. The Labute approximate surface area is 129 Å². The zero-order valence-corrected chi connectivity index (χ0v) is 13.8. The monoisotopic (exact) mass is 419 g/mol. The van der Waals surface area contributed by atoms with Crippen molar-refractivity contribution in [2.75, 3.05) is 0 Å². The summed E-state index contributed by atoms with van der Waals surface area (Å²) < 4.78 is 4.11. The van der Waals surface area contributed by atoms with Crippen molar-refractivity contribution >= 4 is 38.5 Å². The molecule has 1 unspecified atom stereocenters. The highest BCUT2D eigenvalue weighted by Gasteiger charge is 2.10. The lowest BCUT2D eigenvalue weighted by molar-refractivity contribution is 0.642. The van der Waals surface area contributed by atoms with Gasteiger partial charge >= 0.3 is 0 Å². The smallest absolute Gasteiger partial charge is 0.0679 e. The van der Waals surface area contributed by atoms with E-state index in [-0.39, 0.29) is 6.04 Å². The van der Waals surface area contributed by atoms with Gasteiger partial charge in [-0.25, -0.2) is 4.68 Å². The number of hydrogen-bond acceptors (Lipinski definition) is 2. The van der Waals surface area contributed by atoms with Crippen LogP contribution < -0.4 is 5.73 Å². The molecule has 0 fully saturated rings. The molecule has 96 valence electrons. The average Bonchev–Trinajstić information content (AvgIpc) is 2.75. The quantitative estimate of drug-likeness (QED) is 0.770. The molecule has 0 saturated carbocycles. The summed E-state index contributed by atoms with van der Waals surface area (Å²) >= 11 is 5.78. The normalized spacial score (nSPS) is 12.7. The minimum atomic E-state index is 0.188. The predicted octanol–water partition coefficient (Wildman–Crippen LogP) is 3.52. The molecule has 2 N–H and O–H groups in total. The minimum absolute atomic E-state index is 0.188. The molecule has 0 amide bonds. The van der Waals surface area contributed by atoms with Crippen molar-refractivity contribution in [2.45, 2.75) is 25.8 Å². The van der Waals surface area contributed by atoms with E-state index in [2.05, 4.69) is 62.7 Å². The van der Waals surface area contributed by atoms with Crippen molar-refractivity contribution in [3.05, 3.63) is 44.2 Å². The molecule has 18 heavy (non-hydrogen) atoms. The van der Waals surface area contributed by atoms with Gasteiger partial charge < -0.3 is 5.73 Å². The molecule has 0 radical (unpaired) electrons. The van der Waals surface area contributed by atoms with Crippen molar-refractivity contribution in [1.29, 1.82) is 0 Å². The summed E-state index contributed by atoms with van der Waals surface area (Å²) in [5.74, 6) is 0. The average molecular weight is 420 g/mol. The summed E-state index contributed by atoms with van der Waals surface area (Å²) in [7, 11) is 0. The summed E-state index contributed by atoms with van der Waals surface area (Å²) in [4.78, 5) is 0. The zero-order valence-electron chi connectivity index (χ0n) is 10.1. The van der Waals surface area contributed by atoms with Gasteiger partial charge in [-0.1, -0.05) is 22.9 Å². The molecule has 0 saturated heterocycles. The van der Waals surface area contributed by atoms with Gasteiger partial charge in [-0.3, -0.25) is 0 Å². The van der Waals surface area contributed by atoms with Crippen molar-refractivity contribution in [3.8, 4) is 5.69 Å². The lowest BCUT2D eigenvalue weighted by atomic mass is 10.0. The second kappa shape index (κ2) is 6.16. The Hall–Kier alpha value is -0.400. The Bertz CT molecular complexity index is 539. The fraction of sp³-hybridized carbons (Fsp3) is 0.308. The number of halogens is 2. The van der Waals surface area contributed by atoms with Crippen molar-refractivity contribution in [2.24, 2.45) is 5.73 Å². The van der Waals surface area contributed by atoms with Crippen LogP contribution >= 0.6 is 38.5 Å². The van der Waals surface area contributed by atoms with Crippen LogP contribution in [0.25, 0.3) is 5.69 Å². The lowest BCUT2D eigenvalue weighted by Crippen LogP contribution is -2.22. The van der Waals surface area contributed by atoms with Crippen molar-refractivity contribution < 1.29 is 0 Å². The molecule has 0 spiro atoms. The first-order valence-electron chi connectivity index (χ1n) is 5.84. The maximum Gasteiger partial charge on any atom is 0.0679 e. The first-order valence-corrected chi connectivity index (χ1v) is 7.72. The highest BCUT2D eigenvalue weighted by molar-refractivity contribution is 14.1. The second-order valence-electron chi connectivity index (χ2n) is 4.25. The molecule has 5 heteroatoms. The Kier molecular flexibility index (Phi) is 4.80. The van der Waals surface area contributed by atoms with Crippen LogP contribution in [0.2, 0.25) is 0 Å². The van der Waals surface area contributed by atoms with Crippen LogP contribution in [-0.4, -0.2) is 15.8 Å². The van der Waals surface area contributed by atoms with Crippen LogP contribution in [0, 0.1) is 3.57 Å². The van der Waals surface area contributed by atoms with Gasteiger partial charge in [0.2, 0.25) is 0 Å². The molecule has 1 heterocycles. The first kappa shape index (κ1) is 14.0. The number of hydrogen-bond donors (Lipinski definition) is 1. The summed E-state index contributed by atoms with van der Waals surface area (Å²) in [6, 6.07) is 6.42. The molecule has 1 aromatic heterocycles. The van der Waals surface area contributed by atoms with Gasteiger partial charge in [0.1, 0.15) is 0 Å². The zero-order chi connectivity index (χ0) is 13.1. The predicted molar refractivity (Wildman–Crippen MR) is 86.0 cm³/mol. The van der Waals surface area contributed by atoms with Crippen molar-refractivity contribution in [1.82, 2.24) is 9.78 Å². The maximum absolute atomic E-state index is 6.06. The molecular weight excluding hydrogens is 405 g/mol. The third-order valence-corrected chi connectivity index (χ3v) is 3.90. The third-order valence-electron chi connectivity index (χ3n) is 2.85. The van der Waals surface area contributed by atoms with E-state index >= 15 is 0 Å². The lowest BCUT2D eigenvalue weighted by Gasteiger charge is -2.14. The maximum atomic E-state index is 6.06. The van der Waals surface area contributed by atoms with Gasteiger partial charge in [0, 0.05) is 16.7 Å². The van der Waals surface area contributed by atoms with Crippen LogP contribution in [0.1, 0.15) is 18.9 Å². The summed E-state index contributed by atoms with van der Waals surface area (Å²) in [5, 5.41) is 4.36. The Morgan fingerprint density at radius 1 is 1.50 bits per heavy atom. The molecular formula is C13H15BrIN3. The largest absolute Gasteiger partial charge is 0.327 e. The van der Waals surface area contributed by atoms with Crippen LogP contribution in [0.3, 0.4) is 0 Å². The second-order valence-corrected chi connectivity index (χ2v) is 6.41. The van der Waals surface area contributed by atoms with Crippen molar-refractivity contribution in [3.63, 3.8) is 0 Å². The Balaban J connectivity index is 2.40. The summed E-state index contributed by atoms with van der Waals surface area (Å²) in [6.45, 7) is 2.11. The number of rotatable bonds is 4. The Morgan fingerprint density at radius 2 is 2.28 bits per heavy atom. The van der Waals surface area contributed by atoms with Gasteiger partial charge in [0.15, 0.2) is 0 Å². The molecule has 0 aliphatic heterocycles. The highest BCUT2D eigenvalue weighted by atomic mass is 127. The molecule has 2 rings (SSSR count). The Morgan fingerprint density at radius 3 is 2.89 bits per heavy atom. The number of benzene rings is 1. The molecule has 1 atom stereocenters. The highest BCUT2D eigenvalue weighted by Crippen LogP contribution is 2.22. The van der Waals surface area contributed by atoms with Gasteiger partial charge in [0.25, 0.3) is 0 Å². The van der Waals surface area contributed by atoms with E-state index in [1.54, 1.807) is 0 Å². The molecule has 0 bridgehead atoms. The van der Waals surface area contributed by atoms with E-state index < -0.39 is 0 Å². The van der Waals surface area contributed by atoms with E-state index in [0.717, 1.165) is 26.6 Å². The summed E-state index contributed by atoms with van der Waals surface area (Å²) in [5.41, 5.74) is 8.38. The van der Waals surface area contributed by atoms with Gasteiger partial charge in [-0.15, -0.1) is 0 Å². The molecule has 0 aliphatic rings. The van der Waals surface area contributed by atoms with E-state index in [9.17, 15) is 0 Å². The molecule has 2 aromatic rings. The number of nitrogens with zero attached hydrogens (tertiary/aromatic N) is 2. The third kappa shape index (κ3) is 3.33. The SMILES string of the molecule is CCC(N)Cc1cc(Br)ccc1-n1cc(I)cn1. The van der Waals surface area contributed by atoms with Crippen LogP contribution in [-0.2, 0) is 6.42 Å². The standard InChI is InChI=1S/C13H15BrIN3/c1-2-12(16)6-9-5-10(14)3-4-13(9)18-8-11(15)7-17-18/h3-5,7-8,12H,2,6,16H2,1H3. The van der Waals surface area contributed by atoms with Gasteiger partial charge in [-0.05, 0) is 59.2 Å². The van der Waals surface area contributed by atoms with E-state index in [1.807, 2.05) is 23.1 Å². The molecule has 1 aromatic carbocycles. The van der Waals surface area contributed by atoms with Crippen LogP contribution in [0.5, 0.6) is 0 Å². The fourth-order valence-electron chi connectivity index (χ4n) is 1.80. The van der Waals surface area contributed by atoms with Gasteiger partial charge in [0.05, 0.1) is 15.5 Å². The van der Waals surface area contributed by atoms with Crippen LogP contribution in [0.15, 0.2) is 35.1 Å². The van der Waals surface area contributed by atoms with E-state index in [0.29, 0.717) is 0 Å². The van der Waals surface area contributed by atoms with E-state index in [1.165, 1.54) is 5.56 Å². The van der Waals surface area contributed by atoms with Gasteiger partial charge in [-0.2, -0.15) is 5.10 Å². The first-order chi connectivity index (χ1) is 8.60. The number of aromatic nitrogens is 2. The minimum Gasteiger partial charge on any atom is -0.327 e. The molecule has 0 aliphatic carbocycles.